The zero-order chi connectivity index (χ0) is 20.4. The van der Waals surface area contributed by atoms with E-state index < -0.39 is 21.4 Å². The first-order chi connectivity index (χ1) is 12.8. The van der Waals surface area contributed by atoms with Crippen LogP contribution in [-0.4, -0.2) is 49.3 Å². The van der Waals surface area contributed by atoms with Crippen molar-refractivity contribution >= 4 is 21.6 Å². The van der Waals surface area contributed by atoms with Crippen LogP contribution in [0.5, 0.6) is 0 Å². The smallest absolute Gasteiger partial charge is 0.272 e. The molecule has 27 heavy (non-hydrogen) atoms. The molecule has 0 aromatic heterocycles. The van der Waals surface area contributed by atoms with Crippen molar-refractivity contribution in [3.63, 3.8) is 0 Å². The first-order valence-corrected chi connectivity index (χ1v) is 10.5. The van der Waals surface area contributed by atoms with Gasteiger partial charge in [-0.05, 0) is 37.8 Å². The number of carbonyl (C=O) groups is 1. The third kappa shape index (κ3) is 6.86. The van der Waals surface area contributed by atoms with Gasteiger partial charge in [0.15, 0.2) is 6.79 Å². The Bertz CT molecular complexity index is 688. The van der Waals surface area contributed by atoms with Crippen LogP contribution in [0.25, 0.3) is 0 Å². The SMILES string of the molecule is CCCCN(OCOCCC)S(=O)(=O)C(O)C(=O)Nc1c(C)cccc1C. The molecule has 0 aliphatic carbocycles. The third-order valence-electron chi connectivity index (χ3n) is 3.84. The number of sulfonamides is 1. The highest BCUT2D eigenvalue weighted by molar-refractivity contribution is 7.90. The van der Waals surface area contributed by atoms with Gasteiger partial charge in [0.05, 0.1) is 0 Å². The molecule has 9 heteroatoms. The first kappa shape index (κ1) is 23.5. The number of aliphatic hydroxyl groups excluding tert-OH is 1. The van der Waals surface area contributed by atoms with E-state index in [0.29, 0.717) is 23.2 Å². The Morgan fingerprint density at radius 2 is 1.85 bits per heavy atom. The molecular formula is C18H30N2O6S. The number of anilines is 1. The van der Waals surface area contributed by atoms with Crippen LogP contribution in [0.3, 0.4) is 0 Å². The lowest BCUT2D eigenvalue weighted by Gasteiger charge is -2.24. The number of nitrogens with one attached hydrogen (secondary N) is 1. The van der Waals surface area contributed by atoms with E-state index in [0.717, 1.165) is 24.0 Å². The summed E-state index contributed by atoms with van der Waals surface area (Å²) in [5.74, 6) is -1.04. The minimum Gasteiger partial charge on any atom is -0.368 e. The van der Waals surface area contributed by atoms with Gasteiger partial charge >= 0.3 is 0 Å². The van der Waals surface area contributed by atoms with Gasteiger partial charge in [0, 0.05) is 18.8 Å². The standard InChI is InChI=1S/C18H30N2O6S/c1-5-7-11-20(26-13-25-12-6-2)27(23,24)18(22)17(21)19-16-14(3)9-8-10-15(16)4/h8-10,18,22H,5-7,11-13H2,1-4H3,(H,19,21). The number of aryl methyl sites for hydroxylation is 2. The Labute approximate surface area is 161 Å². The molecule has 1 aromatic rings. The number of hydrogen-bond acceptors (Lipinski definition) is 6. The van der Waals surface area contributed by atoms with Gasteiger partial charge in [-0.15, -0.1) is 0 Å². The molecule has 8 nitrogen and oxygen atoms in total. The van der Waals surface area contributed by atoms with Gasteiger partial charge in [-0.3, -0.25) is 9.63 Å². The highest BCUT2D eigenvalue weighted by Gasteiger charge is 2.37. The number of amides is 1. The Balaban J connectivity index is 2.90. The number of rotatable bonds is 12. The van der Waals surface area contributed by atoms with Gasteiger partial charge in [0.1, 0.15) is 0 Å². The lowest BCUT2D eigenvalue weighted by Crippen LogP contribution is -2.45. The Morgan fingerprint density at radius 3 is 2.41 bits per heavy atom. The molecule has 0 radical (unpaired) electrons. The number of carbonyl (C=O) groups excluding carboxylic acids is 1. The molecule has 0 aliphatic heterocycles. The number of ether oxygens (including phenoxy) is 1. The Hall–Kier alpha value is -1.52. The second kappa shape index (κ2) is 11.4. The molecule has 0 fully saturated rings. The lowest BCUT2D eigenvalue weighted by atomic mass is 10.1. The van der Waals surface area contributed by atoms with E-state index >= 15 is 0 Å². The van der Waals surface area contributed by atoms with Crippen LogP contribution < -0.4 is 5.32 Å². The Morgan fingerprint density at radius 1 is 1.22 bits per heavy atom. The number of hydrogen-bond donors (Lipinski definition) is 2. The highest BCUT2D eigenvalue weighted by atomic mass is 32.2. The summed E-state index contributed by atoms with van der Waals surface area (Å²) in [4.78, 5) is 17.5. The molecule has 154 valence electrons. The number of unbranched alkanes of at least 4 members (excludes halogenated alkanes) is 1. The average molecular weight is 403 g/mol. The van der Waals surface area contributed by atoms with E-state index in [4.69, 9.17) is 9.57 Å². The zero-order valence-corrected chi connectivity index (χ0v) is 17.2. The lowest BCUT2D eigenvalue weighted by molar-refractivity contribution is -0.175. The van der Waals surface area contributed by atoms with Crippen LogP contribution in [0, 0.1) is 13.8 Å². The van der Waals surface area contributed by atoms with Gasteiger partial charge in [-0.25, -0.2) is 8.42 Å². The maximum absolute atomic E-state index is 12.6. The predicted molar refractivity (Wildman–Crippen MR) is 103 cm³/mol. The summed E-state index contributed by atoms with van der Waals surface area (Å²) in [5, 5.41) is 12.7. The molecule has 1 atom stereocenters. The quantitative estimate of drug-likeness (QED) is 0.316. The fourth-order valence-corrected chi connectivity index (χ4v) is 3.42. The summed E-state index contributed by atoms with van der Waals surface area (Å²) in [6.45, 7) is 7.52. The minimum atomic E-state index is -4.43. The second-order valence-corrected chi connectivity index (χ2v) is 8.07. The van der Waals surface area contributed by atoms with E-state index in [1.54, 1.807) is 26.0 Å². The van der Waals surface area contributed by atoms with Crippen molar-refractivity contribution in [2.75, 3.05) is 25.3 Å². The van der Waals surface area contributed by atoms with Gasteiger partial charge in [0.25, 0.3) is 21.4 Å². The molecule has 2 N–H and O–H groups in total. The minimum absolute atomic E-state index is 0.0159. The third-order valence-corrected chi connectivity index (χ3v) is 5.48. The number of para-hydroxylation sites is 1. The van der Waals surface area contributed by atoms with Gasteiger partial charge in [-0.2, -0.15) is 0 Å². The topological polar surface area (TPSA) is 105 Å². The monoisotopic (exact) mass is 402 g/mol. The van der Waals surface area contributed by atoms with Crippen molar-refractivity contribution in [1.29, 1.82) is 0 Å². The van der Waals surface area contributed by atoms with Crippen LogP contribution in [0.1, 0.15) is 44.2 Å². The van der Waals surface area contributed by atoms with Gasteiger partial charge < -0.3 is 15.2 Å². The van der Waals surface area contributed by atoms with E-state index in [9.17, 15) is 18.3 Å². The van der Waals surface area contributed by atoms with Gasteiger partial charge in [0.2, 0.25) is 0 Å². The van der Waals surface area contributed by atoms with Crippen molar-refractivity contribution in [3.05, 3.63) is 29.3 Å². The molecular weight excluding hydrogens is 372 g/mol. The summed E-state index contributed by atoms with van der Waals surface area (Å²) in [6, 6.07) is 5.39. The summed E-state index contributed by atoms with van der Waals surface area (Å²) in [6.07, 6.45) is 1.99. The van der Waals surface area contributed by atoms with Crippen molar-refractivity contribution in [2.24, 2.45) is 0 Å². The zero-order valence-electron chi connectivity index (χ0n) is 16.4. The highest BCUT2D eigenvalue weighted by Crippen LogP contribution is 2.20. The average Bonchev–Trinajstić information content (AvgIpc) is 2.63. The molecule has 1 rings (SSSR count). The molecule has 0 saturated heterocycles. The van der Waals surface area contributed by atoms with Crippen molar-refractivity contribution in [3.8, 4) is 0 Å². The molecule has 1 aromatic carbocycles. The number of benzene rings is 1. The Kier molecular flexibility index (Phi) is 9.89. The number of nitrogens with zero attached hydrogens (tertiary/aromatic N) is 1. The maximum atomic E-state index is 12.6. The van der Waals surface area contributed by atoms with E-state index in [1.807, 2.05) is 19.9 Å². The normalized spacial score (nSPS) is 13.0. The van der Waals surface area contributed by atoms with Crippen molar-refractivity contribution < 1.29 is 27.9 Å². The van der Waals surface area contributed by atoms with E-state index in [1.165, 1.54) is 0 Å². The first-order valence-electron chi connectivity index (χ1n) is 9.03. The molecule has 0 heterocycles. The number of hydroxylamine groups is 1. The largest absolute Gasteiger partial charge is 0.368 e. The molecule has 0 saturated carbocycles. The molecule has 0 bridgehead atoms. The van der Waals surface area contributed by atoms with Crippen LogP contribution in [-0.2, 0) is 24.4 Å². The molecule has 1 unspecified atom stereocenters. The number of aliphatic hydroxyl groups is 1. The van der Waals surface area contributed by atoms with E-state index in [-0.39, 0.29) is 13.3 Å². The summed E-state index contributed by atoms with van der Waals surface area (Å²) >= 11 is 0. The fraction of sp³-hybridized carbons (Fsp3) is 0.611. The summed E-state index contributed by atoms with van der Waals surface area (Å²) in [5.41, 5.74) is -0.288. The summed E-state index contributed by atoms with van der Waals surface area (Å²) in [7, 11) is -4.43. The van der Waals surface area contributed by atoms with Crippen LogP contribution in [0.4, 0.5) is 5.69 Å². The van der Waals surface area contributed by atoms with Crippen molar-refractivity contribution in [2.45, 2.75) is 52.4 Å². The predicted octanol–water partition coefficient (Wildman–Crippen LogP) is 2.31. The van der Waals surface area contributed by atoms with Crippen LogP contribution >= 0.6 is 0 Å². The van der Waals surface area contributed by atoms with Crippen molar-refractivity contribution in [1.82, 2.24) is 4.47 Å². The van der Waals surface area contributed by atoms with Crippen LogP contribution in [0.15, 0.2) is 18.2 Å². The molecule has 0 aliphatic rings. The summed E-state index contributed by atoms with van der Waals surface area (Å²) < 4.78 is 31.1. The van der Waals surface area contributed by atoms with Gasteiger partial charge in [-0.1, -0.05) is 42.9 Å². The molecule has 0 spiro atoms. The van der Waals surface area contributed by atoms with Crippen LogP contribution in [0.2, 0.25) is 0 Å². The van der Waals surface area contributed by atoms with E-state index in [2.05, 4.69) is 5.32 Å². The second-order valence-electron chi connectivity index (χ2n) is 6.19. The molecule has 1 amide bonds. The maximum Gasteiger partial charge on any atom is 0.272 e. The fourth-order valence-electron chi connectivity index (χ4n) is 2.29.